The Morgan fingerprint density at radius 2 is 1.68 bits per heavy atom. The first-order chi connectivity index (χ1) is 13.1. The van der Waals surface area contributed by atoms with E-state index < -0.39 is 35.4 Å². The van der Waals surface area contributed by atoms with E-state index in [1.807, 2.05) is 0 Å². The van der Waals surface area contributed by atoms with Gasteiger partial charge in [-0.3, -0.25) is 4.79 Å². The lowest BCUT2D eigenvalue weighted by Crippen LogP contribution is -2.37. The third kappa shape index (κ3) is 3.78. The van der Waals surface area contributed by atoms with E-state index in [0.717, 1.165) is 23.1 Å². The maximum atomic E-state index is 13.1. The molecule has 0 unspecified atom stereocenters. The molecule has 1 fully saturated rings. The Labute approximate surface area is 160 Å². The van der Waals surface area contributed by atoms with Crippen LogP contribution in [-0.2, 0) is 15.7 Å². The Kier molecular flexibility index (Phi) is 5.02. The average molecular weight is 389 g/mol. The first-order valence-electron chi connectivity index (χ1n) is 8.56. The molecule has 28 heavy (non-hydrogen) atoms. The molecule has 1 aliphatic heterocycles. The van der Waals surface area contributed by atoms with Crippen LogP contribution in [0.15, 0.2) is 60.7 Å². The molecule has 7 heteroatoms. The van der Waals surface area contributed by atoms with E-state index in [1.165, 1.54) is 18.2 Å². The summed E-state index contributed by atoms with van der Waals surface area (Å²) >= 11 is 0. The topological polar surface area (TPSA) is 46.6 Å². The highest BCUT2D eigenvalue weighted by Gasteiger charge is 2.50. The van der Waals surface area contributed by atoms with Gasteiger partial charge in [-0.2, -0.15) is 13.2 Å². The molecule has 4 nitrogen and oxygen atoms in total. The van der Waals surface area contributed by atoms with Crippen molar-refractivity contribution in [2.24, 2.45) is 0 Å². The van der Waals surface area contributed by atoms with Gasteiger partial charge in [0.15, 0.2) is 0 Å². The van der Waals surface area contributed by atoms with E-state index in [1.54, 1.807) is 44.2 Å². The zero-order chi connectivity index (χ0) is 20.5. The number of hydrogen-bond acceptors (Lipinski definition) is 3. The van der Waals surface area contributed by atoms with Crippen molar-refractivity contribution in [1.29, 1.82) is 0 Å². The molecule has 1 atom stereocenters. The second kappa shape index (κ2) is 7.14. The number of nitrogens with zero attached hydrogens (tertiary/aromatic N) is 1. The van der Waals surface area contributed by atoms with Crippen LogP contribution >= 0.6 is 0 Å². The molecule has 2 amide bonds. The normalized spacial score (nSPS) is 19.1. The van der Waals surface area contributed by atoms with Gasteiger partial charge in [-0.25, -0.2) is 9.69 Å². The molecule has 2 aromatic rings. The summed E-state index contributed by atoms with van der Waals surface area (Å²) in [5.41, 5.74) is -1.31. The van der Waals surface area contributed by atoms with Gasteiger partial charge in [-0.05, 0) is 37.1 Å². The number of amides is 2. The molecular weight excluding hydrogens is 371 g/mol. The van der Waals surface area contributed by atoms with Crippen molar-refractivity contribution in [3.8, 4) is 0 Å². The molecule has 2 aromatic carbocycles. The van der Waals surface area contributed by atoms with Gasteiger partial charge in [-0.1, -0.05) is 48.5 Å². The van der Waals surface area contributed by atoms with Crippen LogP contribution in [0.5, 0.6) is 0 Å². The standard InChI is InChI=1S/C21H18F3NO3/c1-20(2)18(15-9-4-3-5-10-15)25(19(27)28-20)17(26)13-12-14-8-6-7-11-16(14)21(22,23)24/h3-13,18H,1-2H3/b13-12+/t18-/m1/s1. The number of rotatable bonds is 3. The minimum Gasteiger partial charge on any atom is -0.440 e. The number of ether oxygens (including phenoxy) is 1. The number of carbonyl (C=O) groups is 2. The van der Waals surface area contributed by atoms with Crippen LogP contribution in [0.2, 0.25) is 0 Å². The molecule has 0 bridgehead atoms. The molecule has 1 heterocycles. The van der Waals surface area contributed by atoms with Crippen LogP contribution in [0, 0.1) is 0 Å². The summed E-state index contributed by atoms with van der Waals surface area (Å²) in [6, 6.07) is 13.1. The van der Waals surface area contributed by atoms with E-state index in [9.17, 15) is 22.8 Å². The number of hydrogen-bond donors (Lipinski definition) is 0. The number of alkyl halides is 3. The summed E-state index contributed by atoms with van der Waals surface area (Å²) in [7, 11) is 0. The molecule has 0 radical (unpaired) electrons. The molecule has 146 valence electrons. The Morgan fingerprint density at radius 1 is 1.07 bits per heavy atom. The third-order valence-corrected chi connectivity index (χ3v) is 4.49. The van der Waals surface area contributed by atoms with Crippen LogP contribution in [-0.4, -0.2) is 22.5 Å². The first kappa shape index (κ1) is 19.7. The maximum absolute atomic E-state index is 13.1. The number of halogens is 3. The number of imide groups is 1. The smallest absolute Gasteiger partial charge is 0.418 e. The second-order valence-corrected chi connectivity index (χ2v) is 6.91. The highest BCUT2D eigenvalue weighted by atomic mass is 19.4. The Bertz CT molecular complexity index is 920. The number of cyclic esters (lactones) is 1. The molecular formula is C21H18F3NO3. The molecule has 3 rings (SSSR count). The molecule has 1 saturated heterocycles. The summed E-state index contributed by atoms with van der Waals surface area (Å²) in [5.74, 6) is -0.749. The summed E-state index contributed by atoms with van der Waals surface area (Å²) in [6.07, 6.45) is -3.36. The van der Waals surface area contributed by atoms with Crippen molar-refractivity contribution in [2.45, 2.75) is 31.7 Å². The van der Waals surface area contributed by atoms with E-state index in [2.05, 4.69) is 0 Å². The van der Waals surface area contributed by atoms with Crippen molar-refractivity contribution in [1.82, 2.24) is 4.90 Å². The van der Waals surface area contributed by atoms with E-state index in [-0.39, 0.29) is 5.56 Å². The Balaban J connectivity index is 1.94. The van der Waals surface area contributed by atoms with Gasteiger partial charge in [0.2, 0.25) is 0 Å². The number of carbonyl (C=O) groups excluding carboxylic acids is 2. The summed E-state index contributed by atoms with van der Waals surface area (Å²) in [4.78, 5) is 26.0. The summed E-state index contributed by atoms with van der Waals surface area (Å²) < 4.78 is 44.7. The largest absolute Gasteiger partial charge is 0.440 e. The van der Waals surface area contributed by atoms with Crippen molar-refractivity contribution in [2.75, 3.05) is 0 Å². The van der Waals surface area contributed by atoms with E-state index in [4.69, 9.17) is 4.74 Å². The molecule has 0 aromatic heterocycles. The van der Waals surface area contributed by atoms with Crippen molar-refractivity contribution in [3.05, 3.63) is 77.4 Å². The average Bonchev–Trinajstić information content (AvgIpc) is 2.88. The van der Waals surface area contributed by atoms with Gasteiger partial charge in [-0.15, -0.1) is 0 Å². The Hall–Kier alpha value is -3.09. The fraction of sp³-hybridized carbons (Fsp3) is 0.238. The van der Waals surface area contributed by atoms with Gasteiger partial charge in [0.1, 0.15) is 11.6 Å². The van der Waals surface area contributed by atoms with Gasteiger partial charge in [0.05, 0.1) is 5.56 Å². The highest BCUT2D eigenvalue weighted by molar-refractivity contribution is 6.02. The van der Waals surface area contributed by atoms with Crippen molar-refractivity contribution < 1.29 is 27.5 Å². The molecule has 1 aliphatic rings. The van der Waals surface area contributed by atoms with Crippen LogP contribution in [0.3, 0.4) is 0 Å². The second-order valence-electron chi connectivity index (χ2n) is 6.91. The van der Waals surface area contributed by atoms with Crippen LogP contribution < -0.4 is 0 Å². The van der Waals surface area contributed by atoms with Gasteiger partial charge >= 0.3 is 12.3 Å². The molecule has 0 aliphatic carbocycles. The fourth-order valence-corrected chi connectivity index (χ4v) is 3.29. The quantitative estimate of drug-likeness (QED) is 0.677. The summed E-state index contributed by atoms with van der Waals surface area (Å²) in [5, 5.41) is 0. The van der Waals surface area contributed by atoms with Crippen LogP contribution in [0.4, 0.5) is 18.0 Å². The molecule has 0 N–H and O–H groups in total. The van der Waals surface area contributed by atoms with Gasteiger partial charge in [0, 0.05) is 6.08 Å². The predicted octanol–water partition coefficient (Wildman–Crippen LogP) is 5.22. The van der Waals surface area contributed by atoms with Crippen LogP contribution in [0.25, 0.3) is 6.08 Å². The Morgan fingerprint density at radius 3 is 2.32 bits per heavy atom. The zero-order valence-electron chi connectivity index (χ0n) is 15.2. The molecule has 0 saturated carbocycles. The minimum atomic E-state index is -4.55. The van der Waals surface area contributed by atoms with Crippen molar-refractivity contribution in [3.63, 3.8) is 0 Å². The van der Waals surface area contributed by atoms with E-state index in [0.29, 0.717) is 5.56 Å². The predicted molar refractivity (Wildman–Crippen MR) is 97.1 cm³/mol. The van der Waals surface area contributed by atoms with Crippen molar-refractivity contribution >= 4 is 18.1 Å². The fourth-order valence-electron chi connectivity index (χ4n) is 3.29. The lowest BCUT2D eigenvalue weighted by Gasteiger charge is -2.27. The third-order valence-electron chi connectivity index (χ3n) is 4.49. The van der Waals surface area contributed by atoms with Gasteiger partial charge < -0.3 is 4.74 Å². The lowest BCUT2D eigenvalue weighted by atomic mass is 9.91. The van der Waals surface area contributed by atoms with E-state index >= 15 is 0 Å². The SMILES string of the molecule is CC1(C)OC(=O)N(C(=O)/C=C/c2ccccc2C(F)(F)F)[C@@H]1c1ccccc1. The minimum absolute atomic E-state index is 0.161. The zero-order valence-corrected chi connectivity index (χ0v) is 15.2. The highest BCUT2D eigenvalue weighted by Crippen LogP contribution is 2.41. The van der Waals surface area contributed by atoms with Gasteiger partial charge in [0.25, 0.3) is 5.91 Å². The van der Waals surface area contributed by atoms with Crippen LogP contribution in [0.1, 0.15) is 36.6 Å². The first-order valence-corrected chi connectivity index (χ1v) is 8.56. The summed E-state index contributed by atoms with van der Waals surface area (Å²) in [6.45, 7) is 3.36. The lowest BCUT2D eigenvalue weighted by molar-refractivity contribution is -0.137. The number of benzene rings is 2. The monoisotopic (exact) mass is 389 g/mol. The maximum Gasteiger partial charge on any atom is 0.418 e. The molecule has 0 spiro atoms.